The number of nitrogens with zero attached hydrogens (tertiary/aromatic N) is 1. The van der Waals surface area contributed by atoms with Gasteiger partial charge in [0, 0.05) is 32.0 Å². The smallest absolute Gasteiger partial charge is 0.223 e. The largest absolute Gasteiger partial charge is 0.356 e. The summed E-state index contributed by atoms with van der Waals surface area (Å²) in [7, 11) is 0. The summed E-state index contributed by atoms with van der Waals surface area (Å²) in [5.74, 6) is 1.70. The Labute approximate surface area is 146 Å². The van der Waals surface area contributed by atoms with Crippen molar-refractivity contribution in [2.75, 3.05) is 32.7 Å². The molecule has 0 radical (unpaired) electrons. The molecule has 1 unspecified atom stereocenters. The summed E-state index contributed by atoms with van der Waals surface area (Å²) in [6, 6.07) is 0. The van der Waals surface area contributed by atoms with Crippen molar-refractivity contribution >= 4 is 11.8 Å². The van der Waals surface area contributed by atoms with Crippen LogP contribution in [0.3, 0.4) is 0 Å². The van der Waals surface area contributed by atoms with E-state index in [1.54, 1.807) is 0 Å². The highest BCUT2D eigenvalue weighted by Crippen LogP contribution is 2.26. The van der Waals surface area contributed by atoms with Crippen molar-refractivity contribution in [1.82, 2.24) is 15.5 Å². The van der Waals surface area contributed by atoms with Crippen LogP contribution in [-0.4, -0.2) is 49.4 Å². The maximum atomic E-state index is 12.5. The minimum atomic E-state index is 0.0905. The molecule has 0 aromatic carbocycles. The summed E-state index contributed by atoms with van der Waals surface area (Å²) in [4.78, 5) is 26.6. The Morgan fingerprint density at radius 3 is 2.46 bits per heavy atom. The maximum Gasteiger partial charge on any atom is 0.223 e. The minimum absolute atomic E-state index is 0.0905. The number of carbonyl (C=O) groups excluding carboxylic acids is 2. The van der Waals surface area contributed by atoms with E-state index in [-0.39, 0.29) is 17.7 Å². The van der Waals surface area contributed by atoms with Gasteiger partial charge in [0.1, 0.15) is 0 Å². The summed E-state index contributed by atoms with van der Waals surface area (Å²) in [6.45, 7) is 8.78. The number of unbranched alkanes of at least 4 members (excludes halogenated alkanes) is 1. The maximum absolute atomic E-state index is 12.5. The summed E-state index contributed by atoms with van der Waals surface area (Å²) in [6.07, 6.45) is 6.80. The van der Waals surface area contributed by atoms with E-state index in [1.807, 2.05) is 4.90 Å². The molecule has 0 saturated carbocycles. The average Bonchev–Trinajstić information content (AvgIpc) is 2.62. The second-order valence-corrected chi connectivity index (χ2v) is 7.57. The van der Waals surface area contributed by atoms with Gasteiger partial charge in [0.05, 0.1) is 0 Å². The molecule has 0 spiro atoms. The van der Waals surface area contributed by atoms with Gasteiger partial charge in [-0.2, -0.15) is 0 Å². The first kappa shape index (κ1) is 19.2. The van der Waals surface area contributed by atoms with Crippen LogP contribution in [0.2, 0.25) is 0 Å². The number of likely N-dealkylation sites (tertiary alicyclic amines) is 1. The SMILES string of the molecule is CCCCNC(=O)C1CCN(C(=O)CC(C)C2CCNCC2)CC1. The lowest BCUT2D eigenvalue weighted by molar-refractivity contribution is -0.136. The van der Waals surface area contributed by atoms with Crippen molar-refractivity contribution in [2.45, 2.75) is 58.8 Å². The predicted molar refractivity (Wildman–Crippen MR) is 96.6 cm³/mol. The molecule has 5 heteroatoms. The Morgan fingerprint density at radius 2 is 1.83 bits per heavy atom. The molecule has 5 nitrogen and oxygen atoms in total. The second-order valence-electron chi connectivity index (χ2n) is 7.57. The van der Waals surface area contributed by atoms with E-state index in [2.05, 4.69) is 24.5 Å². The number of piperidine rings is 2. The third-order valence-electron chi connectivity index (χ3n) is 5.73. The molecule has 0 bridgehead atoms. The predicted octanol–water partition coefficient (Wildman–Crippen LogP) is 2.17. The zero-order chi connectivity index (χ0) is 17.4. The summed E-state index contributed by atoms with van der Waals surface area (Å²) >= 11 is 0. The molecule has 0 aromatic rings. The lowest BCUT2D eigenvalue weighted by Crippen LogP contribution is -2.44. The van der Waals surface area contributed by atoms with Crippen molar-refractivity contribution in [3.05, 3.63) is 0 Å². The standard InChI is InChI=1S/C19H35N3O2/c1-3-4-9-21-19(24)17-7-12-22(13-8-17)18(23)14-15(2)16-5-10-20-11-6-16/h15-17,20H,3-14H2,1-2H3,(H,21,24). The monoisotopic (exact) mass is 337 g/mol. The van der Waals surface area contributed by atoms with E-state index in [4.69, 9.17) is 0 Å². The Morgan fingerprint density at radius 1 is 1.17 bits per heavy atom. The molecule has 0 aliphatic carbocycles. The zero-order valence-electron chi connectivity index (χ0n) is 15.5. The number of rotatable bonds is 7. The van der Waals surface area contributed by atoms with Gasteiger partial charge >= 0.3 is 0 Å². The van der Waals surface area contributed by atoms with E-state index in [9.17, 15) is 9.59 Å². The highest BCUT2D eigenvalue weighted by atomic mass is 16.2. The molecular weight excluding hydrogens is 302 g/mol. The van der Waals surface area contributed by atoms with Crippen LogP contribution in [0.25, 0.3) is 0 Å². The molecule has 2 saturated heterocycles. The van der Waals surface area contributed by atoms with Crippen LogP contribution >= 0.6 is 0 Å². The minimum Gasteiger partial charge on any atom is -0.356 e. The fourth-order valence-corrected chi connectivity index (χ4v) is 3.91. The van der Waals surface area contributed by atoms with Crippen molar-refractivity contribution in [3.63, 3.8) is 0 Å². The lowest BCUT2D eigenvalue weighted by Gasteiger charge is -2.34. The first-order valence-corrected chi connectivity index (χ1v) is 9.88. The average molecular weight is 338 g/mol. The zero-order valence-corrected chi connectivity index (χ0v) is 15.5. The number of amides is 2. The summed E-state index contributed by atoms with van der Waals surface area (Å²) in [5, 5.41) is 6.41. The number of nitrogens with one attached hydrogen (secondary N) is 2. The van der Waals surface area contributed by atoms with Gasteiger partial charge in [-0.05, 0) is 57.0 Å². The second kappa shape index (κ2) is 10.0. The molecule has 0 aromatic heterocycles. The number of carbonyl (C=O) groups is 2. The first-order valence-electron chi connectivity index (χ1n) is 9.88. The van der Waals surface area contributed by atoms with Crippen molar-refractivity contribution < 1.29 is 9.59 Å². The highest BCUT2D eigenvalue weighted by Gasteiger charge is 2.29. The number of hydrogen-bond donors (Lipinski definition) is 2. The fraction of sp³-hybridized carbons (Fsp3) is 0.895. The molecule has 2 N–H and O–H groups in total. The van der Waals surface area contributed by atoms with Crippen molar-refractivity contribution in [3.8, 4) is 0 Å². The van der Waals surface area contributed by atoms with E-state index in [0.29, 0.717) is 18.3 Å². The molecule has 24 heavy (non-hydrogen) atoms. The van der Waals surface area contributed by atoms with Gasteiger partial charge in [-0.25, -0.2) is 0 Å². The number of hydrogen-bond acceptors (Lipinski definition) is 3. The van der Waals surface area contributed by atoms with Crippen LogP contribution < -0.4 is 10.6 Å². The normalized spacial score (nSPS) is 21.5. The van der Waals surface area contributed by atoms with Crippen LogP contribution in [0, 0.1) is 17.8 Å². The van der Waals surface area contributed by atoms with Gasteiger partial charge in [-0.1, -0.05) is 20.3 Å². The van der Waals surface area contributed by atoms with Crippen molar-refractivity contribution in [1.29, 1.82) is 0 Å². The molecule has 2 aliphatic heterocycles. The van der Waals surface area contributed by atoms with Crippen LogP contribution in [0.4, 0.5) is 0 Å². The molecular formula is C19H35N3O2. The Bertz CT molecular complexity index is 399. The lowest BCUT2D eigenvalue weighted by atomic mass is 9.83. The van der Waals surface area contributed by atoms with Gasteiger partial charge < -0.3 is 15.5 Å². The van der Waals surface area contributed by atoms with Gasteiger partial charge in [-0.15, -0.1) is 0 Å². The first-order chi connectivity index (χ1) is 11.6. The Hall–Kier alpha value is -1.10. The van der Waals surface area contributed by atoms with Crippen LogP contribution in [0.15, 0.2) is 0 Å². The van der Waals surface area contributed by atoms with E-state index < -0.39 is 0 Å². The highest BCUT2D eigenvalue weighted by molar-refractivity contribution is 5.80. The molecule has 2 fully saturated rings. The molecule has 138 valence electrons. The third-order valence-corrected chi connectivity index (χ3v) is 5.73. The Balaban J connectivity index is 1.69. The van der Waals surface area contributed by atoms with Gasteiger partial charge in [0.15, 0.2) is 0 Å². The molecule has 2 aliphatic rings. The van der Waals surface area contributed by atoms with Crippen LogP contribution in [0.5, 0.6) is 0 Å². The molecule has 2 amide bonds. The third kappa shape index (κ3) is 5.76. The molecule has 2 heterocycles. The van der Waals surface area contributed by atoms with Gasteiger partial charge in [0.2, 0.25) is 11.8 Å². The summed E-state index contributed by atoms with van der Waals surface area (Å²) < 4.78 is 0. The molecule has 1 atom stereocenters. The van der Waals surface area contributed by atoms with Crippen molar-refractivity contribution in [2.24, 2.45) is 17.8 Å². The fourth-order valence-electron chi connectivity index (χ4n) is 3.91. The van der Waals surface area contributed by atoms with Gasteiger partial charge in [0.25, 0.3) is 0 Å². The topological polar surface area (TPSA) is 61.4 Å². The van der Waals surface area contributed by atoms with Crippen LogP contribution in [-0.2, 0) is 9.59 Å². The quantitative estimate of drug-likeness (QED) is 0.700. The van der Waals surface area contributed by atoms with E-state index >= 15 is 0 Å². The van der Waals surface area contributed by atoms with E-state index in [0.717, 1.165) is 58.4 Å². The van der Waals surface area contributed by atoms with Gasteiger partial charge in [-0.3, -0.25) is 9.59 Å². The molecule has 2 rings (SSSR count). The van der Waals surface area contributed by atoms with Crippen LogP contribution in [0.1, 0.15) is 58.8 Å². The Kier molecular flexibility index (Phi) is 8.03. The van der Waals surface area contributed by atoms with E-state index in [1.165, 1.54) is 12.8 Å². The summed E-state index contributed by atoms with van der Waals surface area (Å²) in [5.41, 5.74) is 0.